The van der Waals surface area contributed by atoms with Gasteiger partial charge in [0, 0.05) is 18.9 Å². The zero-order valence-corrected chi connectivity index (χ0v) is 7.38. The third-order valence-electron chi connectivity index (χ3n) is 1.95. The van der Waals surface area contributed by atoms with Crippen LogP contribution in [0.15, 0.2) is 11.8 Å². The Morgan fingerprint density at radius 3 is 3.08 bits per heavy atom. The largest absolute Gasteiger partial charge is 0.490 e. The van der Waals surface area contributed by atoms with Gasteiger partial charge in [-0.15, -0.1) is 0 Å². The Labute approximate surface area is 72.6 Å². The summed E-state index contributed by atoms with van der Waals surface area (Å²) in [5, 5.41) is 0. The number of hydrogen-bond donors (Lipinski definition) is 1. The Morgan fingerprint density at radius 2 is 2.58 bits per heavy atom. The van der Waals surface area contributed by atoms with Gasteiger partial charge in [-0.1, -0.05) is 6.92 Å². The molecule has 1 heterocycles. The summed E-state index contributed by atoms with van der Waals surface area (Å²) < 4.78 is 5.12. The van der Waals surface area contributed by atoms with Gasteiger partial charge < -0.3 is 10.5 Å². The summed E-state index contributed by atoms with van der Waals surface area (Å²) in [5.41, 5.74) is 5.64. The van der Waals surface area contributed by atoms with Gasteiger partial charge in [-0.25, -0.2) is 0 Å². The van der Waals surface area contributed by atoms with E-state index in [9.17, 15) is 4.79 Å². The average molecular weight is 169 g/mol. The molecule has 0 spiro atoms. The molecule has 1 aliphatic rings. The van der Waals surface area contributed by atoms with E-state index < -0.39 is 0 Å². The van der Waals surface area contributed by atoms with Gasteiger partial charge in [-0.3, -0.25) is 4.79 Å². The number of ketones is 1. The van der Waals surface area contributed by atoms with Crippen molar-refractivity contribution >= 4 is 5.78 Å². The predicted molar refractivity (Wildman–Crippen MR) is 46.5 cm³/mol. The number of ether oxygens (including phenoxy) is 1. The van der Waals surface area contributed by atoms with Gasteiger partial charge in [0.05, 0.1) is 6.61 Å². The Bertz CT molecular complexity index is 199. The van der Waals surface area contributed by atoms with Crippen LogP contribution in [0.25, 0.3) is 0 Å². The van der Waals surface area contributed by atoms with Crippen molar-refractivity contribution in [3.63, 3.8) is 0 Å². The van der Waals surface area contributed by atoms with E-state index in [1.807, 2.05) is 13.0 Å². The molecule has 1 rings (SSSR count). The number of Topliss-reactive ketones (excluding diaryl/α,β-unsaturated/α-hetero) is 1. The zero-order valence-electron chi connectivity index (χ0n) is 7.38. The molecule has 0 aliphatic carbocycles. The third-order valence-corrected chi connectivity index (χ3v) is 1.95. The summed E-state index contributed by atoms with van der Waals surface area (Å²) in [5.74, 6) is 0.556. The summed E-state index contributed by atoms with van der Waals surface area (Å²) in [6.45, 7) is 2.62. The maximum absolute atomic E-state index is 11.3. The quantitative estimate of drug-likeness (QED) is 0.682. The fourth-order valence-corrected chi connectivity index (χ4v) is 1.10. The molecule has 3 heteroatoms. The van der Waals surface area contributed by atoms with Gasteiger partial charge in [0.15, 0.2) is 11.5 Å². The zero-order chi connectivity index (χ0) is 8.97. The van der Waals surface area contributed by atoms with E-state index in [-0.39, 0.29) is 11.8 Å². The molecule has 12 heavy (non-hydrogen) atoms. The molecule has 0 aromatic carbocycles. The molecule has 0 aromatic rings. The van der Waals surface area contributed by atoms with Crippen LogP contribution in [0, 0.1) is 0 Å². The number of nitrogens with two attached hydrogens (primary N) is 1. The number of allylic oxidation sites excluding steroid dienone is 1. The van der Waals surface area contributed by atoms with Crippen molar-refractivity contribution in [1.29, 1.82) is 0 Å². The molecule has 0 fully saturated rings. The minimum Gasteiger partial charge on any atom is -0.490 e. The predicted octanol–water partition coefficient (Wildman–Crippen LogP) is 0.987. The molecule has 1 atom stereocenters. The Kier molecular flexibility index (Phi) is 3.29. The molecule has 0 amide bonds. The highest BCUT2D eigenvalue weighted by molar-refractivity contribution is 5.94. The van der Waals surface area contributed by atoms with Gasteiger partial charge in [0.1, 0.15) is 0 Å². The number of hydrogen-bond acceptors (Lipinski definition) is 3. The molecule has 2 N–H and O–H groups in total. The summed E-state index contributed by atoms with van der Waals surface area (Å²) in [6, 6.07) is -0.0254. The summed E-state index contributed by atoms with van der Waals surface area (Å²) in [4.78, 5) is 11.3. The fourth-order valence-electron chi connectivity index (χ4n) is 1.10. The van der Waals surface area contributed by atoms with Crippen LogP contribution in [-0.4, -0.2) is 18.4 Å². The van der Waals surface area contributed by atoms with Gasteiger partial charge in [-0.05, 0) is 12.5 Å². The first-order chi connectivity index (χ1) is 5.74. The normalized spacial score (nSPS) is 18.3. The Morgan fingerprint density at radius 1 is 1.83 bits per heavy atom. The lowest BCUT2D eigenvalue weighted by Crippen LogP contribution is -2.23. The minimum atomic E-state index is -0.0254. The van der Waals surface area contributed by atoms with Crippen LogP contribution in [0.4, 0.5) is 0 Å². The minimum absolute atomic E-state index is 0.0254. The second-order valence-electron chi connectivity index (χ2n) is 3.00. The topological polar surface area (TPSA) is 52.3 Å². The van der Waals surface area contributed by atoms with Crippen LogP contribution in [-0.2, 0) is 9.53 Å². The number of carbonyl (C=O) groups excluding carboxylic acids is 1. The lowest BCUT2D eigenvalue weighted by atomic mass is 10.1. The van der Waals surface area contributed by atoms with Gasteiger partial charge >= 0.3 is 0 Å². The summed E-state index contributed by atoms with van der Waals surface area (Å²) >= 11 is 0. The van der Waals surface area contributed by atoms with Crippen molar-refractivity contribution in [2.24, 2.45) is 5.73 Å². The standard InChI is InChI=1S/C9H15NO2/c1-2-7(10)6-8(11)9-4-3-5-12-9/h4,7H,2-3,5-6,10H2,1H3. The van der Waals surface area contributed by atoms with E-state index in [0.717, 1.165) is 12.8 Å². The molecule has 3 nitrogen and oxygen atoms in total. The smallest absolute Gasteiger partial charge is 0.198 e. The van der Waals surface area contributed by atoms with Crippen molar-refractivity contribution in [2.45, 2.75) is 32.2 Å². The third kappa shape index (κ3) is 2.34. The number of rotatable bonds is 4. The highest BCUT2D eigenvalue weighted by Crippen LogP contribution is 2.12. The molecule has 1 aliphatic heterocycles. The molecule has 1 unspecified atom stereocenters. The highest BCUT2D eigenvalue weighted by Gasteiger charge is 2.16. The van der Waals surface area contributed by atoms with Crippen molar-refractivity contribution in [2.75, 3.05) is 6.61 Å². The molecule has 0 radical (unpaired) electrons. The SMILES string of the molecule is CCC(N)CC(=O)C1=CCCO1. The van der Waals surface area contributed by atoms with Crippen LogP contribution < -0.4 is 5.73 Å². The second kappa shape index (κ2) is 4.26. The van der Waals surface area contributed by atoms with Crippen molar-refractivity contribution in [1.82, 2.24) is 0 Å². The first-order valence-corrected chi connectivity index (χ1v) is 4.35. The van der Waals surface area contributed by atoms with Crippen molar-refractivity contribution in [3.8, 4) is 0 Å². The molecular formula is C9H15NO2. The first-order valence-electron chi connectivity index (χ1n) is 4.35. The van der Waals surface area contributed by atoms with Crippen molar-refractivity contribution in [3.05, 3.63) is 11.8 Å². The number of carbonyl (C=O) groups is 1. The highest BCUT2D eigenvalue weighted by atomic mass is 16.5. The van der Waals surface area contributed by atoms with E-state index in [1.54, 1.807) is 0 Å². The Balaban J connectivity index is 2.37. The Hall–Kier alpha value is -0.830. The van der Waals surface area contributed by atoms with E-state index in [2.05, 4.69) is 0 Å². The maximum atomic E-state index is 11.3. The van der Waals surface area contributed by atoms with Gasteiger partial charge in [-0.2, -0.15) is 0 Å². The molecular weight excluding hydrogens is 154 g/mol. The van der Waals surface area contributed by atoms with Crippen LogP contribution in [0.3, 0.4) is 0 Å². The van der Waals surface area contributed by atoms with E-state index in [4.69, 9.17) is 10.5 Å². The first kappa shape index (κ1) is 9.26. The molecule has 0 saturated carbocycles. The van der Waals surface area contributed by atoms with Crippen LogP contribution in [0.5, 0.6) is 0 Å². The summed E-state index contributed by atoms with van der Waals surface area (Å²) in [7, 11) is 0. The fraction of sp³-hybridized carbons (Fsp3) is 0.667. The van der Waals surface area contributed by atoms with E-state index >= 15 is 0 Å². The van der Waals surface area contributed by atoms with Crippen LogP contribution in [0.1, 0.15) is 26.2 Å². The van der Waals surface area contributed by atoms with Crippen molar-refractivity contribution < 1.29 is 9.53 Å². The van der Waals surface area contributed by atoms with E-state index in [1.165, 1.54) is 0 Å². The summed E-state index contributed by atoms with van der Waals surface area (Å²) in [6.07, 6.45) is 3.93. The average Bonchev–Trinajstić information content (AvgIpc) is 2.56. The van der Waals surface area contributed by atoms with Crippen LogP contribution in [0.2, 0.25) is 0 Å². The molecule has 0 saturated heterocycles. The lowest BCUT2D eigenvalue weighted by Gasteiger charge is -2.07. The van der Waals surface area contributed by atoms with E-state index in [0.29, 0.717) is 18.8 Å². The van der Waals surface area contributed by atoms with Gasteiger partial charge in [0.2, 0.25) is 0 Å². The maximum Gasteiger partial charge on any atom is 0.198 e. The molecule has 0 bridgehead atoms. The van der Waals surface area contributed by atoms with Crippen LogP contribution >= 0.6 is 0 Å². The lowest BCUT2D eigenvalue weighted by molar-refractivity contribution is -0.118. The monoisotopic (exact) mass is 169 g/mol. The molecule has 68 valence electrons. The van der Waals surface area contributed by atoms with Gasteiger partial charge in [0.25, 0.3) is 0 Å². The second-order valence-corrected chi connectivity index (χ2v) is 3.00. The molecule has 0 aromatic heterocycles.